The fourth-order valence-electron chi connectivity index (χ4n) is 3.27. The Balaban J connectivity index is 1.30. The molecule has 7 heteroatoms. The van der Waals surface area contributed by atoms with E-state index in [0.717, 1.165) is 5.56 Å². The molecular formula is C23H24N2O5. The summed E-state index contributed by atoms with van der Waals surface area (Å²) < 4.78 is 5.15. The van der Waals surface area contributed by atoms with Crippen LogP contribution in [0.25, 0.3) is 0 Å². The monoisotopic (exact) mass is 408 g/mol. The van der Waals surface area contributed by atoms with Gasteiger partial charge in [-0.05, 0) is 43.5 Å². The number of unbranched alkanes of at least 4 members (excludes halogenated alkanes) is 1. The maximum absolute atomic E-state index is 12.3. The normalized spacial score (nSPS) is 12.6. The molecule has 0 fully saturated rings. The Hall–Kier alpha value is -3.48. The van der Waals surface area contributed by atoms with Gasteiger partial charge in [-0.25, -0.2) is 0 Å². The fourth-order valence-corrected chi connectivity index (χ4v) is 3.27. The first-order chi connectivity index (χ1) is 14.5. The van der Waals surface area contributed by atoms with Gasteiger partial charge in [-0.3, -0.25) is 24.1 Å². The second-order valence-electron chi connectivity index (χ2n) is 7.06. The van der Waals surface area contributed by atoms with Crippen molar-refractivity contribution in [1.29, 1.82) is 0 Å². The van der Waals surface area contributed by atoms with Gasteiger partial charge in [0, 0.05) is 18.7 Å². The van der Waals surface area contributed by atoms with Crippen LogP contribution in [0, 0.1) is 6.92 Å². The third-order valence-electron chi connectivity index (χ3n) is 4.92. The Morgan fingerprint density at radius 2 is 1.57 bits per heavy atom. The number of rotatable bonds is 9. The molecule has 0 saturated heterocycles. The first-order valence-electron chi connectivity index (χ1n) is 9.93. The van der Waals surface area contributed by atoms with Crippen LogP contribution in [0.1, 0.15) is 55.9 Å². The molecule has 0 radical (unpaired) electrons. The maximum atomic E-state index is 12.3. The first-order valence-corrected chi connectivity index (χ1v) is 9.93. The molecule has 3 rings (SSSR count). The van der Waals surface area contributed by atoms with Crippen molar-refractivity contribution in [3.63, 3.8) is 0 Å². The quantitative estimate of drug-likeness (QED) is 0.391. The van der Waals surface area contributed by atoms with Crippen LogP contribution < -0.4 is 5.32 Å². The molecule has 1 aliphatic heterocycles. The molecule has 3 amide bonds. The number of aryl methyl sites for hydroxylation is 1. The Bertz CT molecular complexity index is 935. The second kappa shape index (κ2) is 9.82. The number of fused-ring (bicyclic) bond motifs is 1. The number of nitrogens with one attached hydrogen (secondary N) is 1. The van der Waals surface area contributed by atoms with Crippen LogP contribution in [0.3, 0.4) is 0 Å². The lowest BCUT2D eigenvalue weighted by Gasteiger charge is -2.13. The summed E-state index contributed by atoms with van der Waals surface area (Å²) in [5, 5.41) is 2.71. The number of ether oxygens (including phenoxy) is 1. The lowest BCUT2D eigenvalue weighted by Crippen LogP contribution is -2.31. The van der Waals surface area contributed by atoms with Crippen LogP contribution in [0.5, 0.6) is 0 Å². The van der Waals surface area contributed by atoms with Gasteiger partial charge in [0.2, 0.25) is 0 Å². The number of hydrogen-bond donors (Lipinski definition) is 1. The van der Waals surface area contributed by atoms with Crippen molar-refractivity contribution in [2.24, 2.45) is 0 Å². The standard InChI is InChI=1S/C23H24N2O5/c1-16-8-2-3-9-17(16)21(27)24-13-12-20(26)30-15-7-6-14-25-22(28)18-10-4-5-11-19(18)23(25)29/h2-5,8-11H,6-7,12-15H2,1H3,(H,24,27). The topological polar surface area (TPSA) is 92.8 Å². The van der Waals surface area contributed by atoms with Crippen LogP contribution in [0.2, 0.25) is 0 Å². The van der Waals surface area contributed by atoms with Crippen molar-refractivity contribution in [3.05, 3.63) is 70.8 Å². The van der Waals surface area contributed by atoms with Crippen molar-refractivity contribution in [1.82, 2.24) is 10.2 Å². The smallest absolute Gasteiger partial charge is 0.307 e. The Labute approximate surface area is 175 Å². The summed E-state index contributed by atoms with van der Waals surface area (Å²) in [6.07, 6.45) is 1.16. The van der Waals surface area contributed by atoms with Crippen LogP contribution in [-0.2, 0) is 9.53 Å². The number of esters is 1. The average Bonchev–Trinajstić information content (AvgIpc) is 2.98. The minimum absolute atomic E-state index is 0.0794. The van der Waals surface area contributed by atoms with Crippen molar-refractivity contribution in [2.75, 3.05) is 19.7 Å². The summed E-state index contributed by atoms with van der Waals surface area (Å²) in [5.41, 5.74) is 2.32. The highest BCUT2D eigenvalue weighted by Gasteiger charge is 2.34. The molecule has 0 spiro atoms. The molecule has 1 aliphatic rings. The highest BCUT2D eigenvalue weighted by molar-refractivity contribution is 6.21. The molecule has 0 atom stereocenters. The number of amides is 3. The lowest BCUT2D eigenvalue weighted by molar-refractivity contribution is -0.143. The van der Waals surface area contributed by atoms with Crippen molar-refractivity contribution < 1.29 is 23.9 Å². The highest BCUT2D eigenvalue weighted by Crippen LogP contribution is 2.22. The van der Waals surface area contributed by atoms with E-state index in [0.29, 0.717) is 29.5 Å². The molecule has 0 unspecified atom stereocenters. The largest absolute Gasteiger partial charge is 0.466 e. The zero-order valence-electron chi connectivity index (χ0n) is 16.8. The minimum Gasteiger partial charge on any atom is -0.466 e. The molecule has 2 aromatic carbocycles. The van der Waals surface area contributed by atoms with Gasteiger partial charge < -0.3 is 10.1 Å². The molecule has 30 heavy (non-hydrogen) atoms. The van der Waals surface area contributed by atoms with Gasteiger partial charge in [0.15, 0.2) is 0 Å². The van der Waals surface area contributed by atoms with Gasteiger partial charge in [0.05, 0.1) is 24.2 Å². The minimum atomic E-state index is -0.402. The number of hydrogen-bond acceptors (Lipinski definition) is 5. The summed E-state index contributed by atoms with van der Waals surface area (Å²) >= 11 is 0. The number of carbonyl (C=O) groups is 4. The SMILES string of the molecule is Cc1ccccc1C(=O)NCCC(=O)OCCCCN1C(=O)c2ccccc2C1=O. The molecule has 2 aromatic rings. The van der Waals surface area contributed by atoms with E-state index in [2.05, 4.69) is 5.32 Å². The molecule has 1 heterocycles. The van der Waals surface area contributed by atoms with Gasteiger partial charge >= 0.3 is 5.97 Å². The Kier molecular flexibility index (Phi) is 6.95. The van der Waals surface area contributed by atoms with Crippen molar-refractivity contribution in [2.45, 2.75) is 26.2 Å². The van der Waals surface area contributed by atoms with Crippen LogP contribution in [0.15, 0.2) is 48.5 Å². The van der Waals surface area contributed by atoms with Crippen LogP contribution in [-0.4, -0.2) is 48.3 Å². The van der Waals surface area contributed by atoms with E-state index >= 15 is 0 Å². The van der Waals surface area contributed by atoms with E-state index in [4.69, 9.17) is 4.74 Å². The van der Waals surface area contributed by atoms with Crippen LogP contribution >= 0.6 is 0 Å². The number of carbonyl (C=O) groups excluding carboxylic acids is 4. The van der Waals surface area contributed by atoms with Crippen molar-refractivity contribution in [3.8, 4) is 0 Å². The van der Waals surface area contributed by atoms with E-state index in [9.17, 15) is 19.2 Å². The van der Waals surface area contributed by atoms with E-state index in [1.807, 2.05) is 19.1 Å². The third-order valence-corrected chi connectivity index (χ3v) is 4.92. The molecular weight excluding hydrogens is 384 g/mol. The first kappa shape index (κ1) is 21.2. The van der Waals surface area contributed by atoms with Gasteiger partial charge in [-0.1, -0.05) is 30.3 Å². The third kappa shape index (κ3) is 4.92. The molecule has 0 aromatic heterocycles. The van der Waals surface area contributed by atoms with E-state index in [1.165, 1.54) is 4.90 Å². The summed E-state index contributed by atoms with van der Waals surface area (Å²) in [4.78, 5) is 49.6. The molecule has 1 N–H and O–H groups in total. The maximum Gasteiger partial charge on any atom is 0.307 e. The molecule has 0 saturated carbocycles. The average molecular weight is 408 g/mol. The zero-order valence-corrected chi connectivity index (χ0v) is 16.8. The molecule has 0 bridgehead atoms. The predicted octanol–water partition coefficient (Wildman–Crippen LogP) is 2.73. The molecule has 0 aliphatic carbocycles. The summed E-state index contributed by atoms with van der Waals surface area (Å²) in [6, 6.07) is 14.0. The Morgan fingerprint density at radius 3 is 2.23 bits per heavy atom. The predicted molar refractivity (Wildman–Crippen MR) is 110 cm³/mol. The summed E-state index contributed by atoms with van der Waals surface area (Å²) in [5.74, 6) is -1.18. The van der Waals surface area contributed by atoms with E-state index < -0.39 is 5.97 Å². The summed E-state index contributed by atoms with van der Waals surface area (Å²) in [7, 11) is 0. The fraction of sp³-hybridized carbons (Fsp3) is 0.304. The van der Waals surface area contributed by atoms with Gasteiger partial charge in [-0.15, -0.1) is 0 Å². The van der Waals surface area contributed by atoms with E-state index in [-0.39, 0.29) is 43.8 Å². The number of nitrogens with zero attached hydrogens (tertiary/aromatic N) is 1. The highest BCUT2D eigenvalue weighted by atomic mass is 16.5. The van der Waals surface area contributed by atoms with Crippen molar-refractivity contribution >= 4 is 23.7 Å². The van der Waals surface area contributed by atoms with E-state index in [1.54, 1.807) is 36.4 Å². The number of benzene rings is 2. The second-order valence-corrected chi connectivity index (χ2v) is 7.06. The number of imide groups is 1. The van der Waals surface area contributed by atoms with Gasteiger partial charge in [0.25, 0.3) is 17.7 Å². The summed E-state index contributed by atoms with van der Waals surface area (Å²) in [6.45, 7) is 2.54. The molecule has 7 nitrogen and oxygen atoms in total. The Morgan fingerprint density at radius 1 is 0.933 bits per heavy atom. The molecule has 156 valence electrons. The van der Waals surface area contributed by atoms with Crippen LogP contribution in [0.4, 0.5) is 0 Å². The zero-order chi connectivity index (χ0) is 21.5. The lowest BCUT2D eigenvalue weighted by atomic mass is 10.1. The van der Waals surface area contributed by atoms with Gasteiger partial charge in [-0.2, -0.15) is 0 Å². The van der Waals surface area contributed by atoms with Gasteiger partial charge in [0.1, 0.15) is 0 Å².